The standard InChI is InChI=1S/C19H21ClN2O3.ClH/c1-25-13-12-21-10-11-22-19(24)17-5-3-2-4-16(17)18(23)14-6-8-15(20)9-7-14;/h2-9,21H,10-13H2,1H3,(H,22,24);1H. The van der Waals surface area contributed by atoms with E-state index in [9.17, 15) is 9.59 Å². The van der Waals surface area contributed by atoms with Gasteiger partial charge in [0.05, 0.1) is 12.2 Å². The number of hydrogen-bond donors (Lipinski definition) is 2. The fraction of sp³-hybridized carbons (Fsp3) is 0.263. The van der Waals surface area contributed by atoms with Gasteiger partial charge >= 0.3 is 0 Å². The molecule has 0 aliphatic carbocycles. The minimum atomic E-state index is -0.272. The molecule has 5 nitrogen and oxygen atoms in total. The summed E-state index contributed by atoms with van der Waals surface area (Å²) >= 11 is 5.86. The van der Waals surface area contributed by atoms with Crippen LogP contribution < -0.4 is 10.6 Å². The topological polar surface area (TPSA) is 67.4 Å². The van der Waals surface area contributed by atoms with Gasteiger partial charge in [0.2, 0.25) is 0 Å². The van der Waals surface area contributed by atoms with Crippen molar-refractivity contribution in [3.05, 3.63) is 70.2 Å². The van der Waals surface area contributed by atoms with Crippen LogP contribution in [-0.2, 0) is 4.74 Å². The van der Waals surface area contributed by atoms with E-state index in [0.717, 1.165) is 6.54 Å². The van der Waals surface area contributed by atoms with Crippen molar-refractivity contribution in [1.29, 1.82) is 0 Å². The lowest BCUT2D eigenvalue weighted by Gasteiger charge is -2.10. The molecule has 0 aromatic heterocycles. The lowest BCUT2D eigenvalue weighted by atomic mass is 9.98. The molecule has 1 amide bonds. The zero-order valence-corrected chi connectivity index (χ0v) is 16.0. The Kier molecular flexibility index (Phi) is 9.91. The fourth-order valence-corrected chi connectivity index (χ4v) is 2.42. The van der Waals surface area contributed by atoms with Crippen LogP contribution in [0.2, 0.25) is 5.02 Å². The molecule has 0 radical (unpaired) electrons. The van der Waals surface area contributed by atoms with Crippen molar-refractivity contribution in [3.8, 4) is 0 Å². The van der Waals surface area contributed by atoms with E-state index in [1.807, 2.05) is 0 Å². The molecule has 2 aromatic rings. The maximum Gasteiger partial charge on any atom is 0.252 e. The Labute approximate surface area is 164 Å². The van der Waals surface area contributed by atoms with E-state index in [2.05, 4.69) is 10.6 Å². The molecule has 2 rings (SSSR count). The van der Waals surface area contributed by atoms with Crippen LogP contribution in [0.15, 0.2) is 48.5 Å². The third kappa shape index (κ3) is 6.42. The zero-order valence-electron chi connectivity index (χ0n) is 14.5. The van der Waals surface area contributed by atoms with Crippen LogP contribution in [0.4, 0.5) is 0 Å². The van der Waals surface area contributed by atoms with E-state index in [1.165, 1.54) is 0 Å². The molecule has 0 bridgehead atoms. The second kappa shape index (κ2) is 11.6. The number of nitrogens with one attached hydrogen (secondary N) is 2. The van der Waals surface area contributed by atoms with Crippen LogP contribution >= 0.6 is 24.0 Å². The number of rotatable bonds is 9. The average Bonchev–Trinajstić information content (AvgIpc) is 2.64. The number of hydrogen-bond acceptors (Lipinski definition) is 4. The first-order valence-electron chi connectivity index (χ1n) is 8.00. The van der Waals surface area contributed by atoms with Gasteiger partial charge in [-0.2, -0.15) is 0 Å². The lowest BCUT2D eigenvalue weighted by Crippen LogP contribution is -2.33. The first-order chi connectivity index (χ1) is 12.1. The van der Waals surface area contributed by atoms with Crippen molar-refractivity contribution in [3.63, 3.8) is 0 Å². The van der Waals surface area contributed by atoms with Crippen molar-refractivity contribution in [2.24, 2.45) is 0 Å². The van der Waals surface area contributed by atoms with Crippen molar-refractivity contribution < 1.29 is 14.3 Å². The molecule has 0 saturated heterocycles. The molecule has 0 spiro atoms. The Balaban J connectivity index is 0.00000338. The van der Waals surface area contributed by atoms with Gasteiger partial charge in [-0.3, -0.25) is 9.59 Å². The van der Waals surface area contributed by atoms with E-state index >= 15 is 0 Å². The van der Waals surface area contributed by atoms with E-state index < -0.39 is 0 Å². The molecule has 0 unspecified atom stereocenters. The van der Waals surface area contributed by atoms with Gasteiger partial charge in [-0.25, -0.2) is 0 Å². The first kappa shape index (κ1) is 22.1. The molecule has 2 aromatic carbocycles. The Morgan fingerprint density at radius 2 is 1.62 bits per heavy atom. The second-order valence-electron chi connectivity index (χ2n) is 5.38. The van der Waals surface area contributed by atoms with Crippen LogP contribution in [-0.4, -0.2) is 45.0 Å². The van der Waals surface area contributed by atoms with Crippen LogP contribution in [0.25, 0.3) is 0 Å². The molecule has 0 aliphatic rings. The minimum absolute atomic E-state index is 0. The summed E-state index contributed by atoms with van der Waals surface area (Å²) in [6, 6.07) is 13.4. The highest BCUT2D eigenvalue weighted by atomic mass is 35.5. The minimum Gasteiger partial charge on any atom is -0.383 e. The first-order valence-corrected chi connectivity index (χ1v) is 8.38. The summed E-state index contributed by atoms with van der Waals surface area (Å²) < 4.78 is 4.93. The Hall–Kier alpha value is -1.92. The summed E-state index contributed by atoms with van der Waals surface area (Å²) in [5, 5.41) is 6.52. The summed E-state index contributed by atoms with van der Waals surface area (Å²) in [6.45, 7) is 2.43. The van der Waals surface area contributed by atoms with Gasteiger partial charge in [0.1, 0.15) is 0 Å². The van der Waals surface area contributed by atoms with Gasteiger partial charge in [-0.15, -0.1) is 12.4 Å². The van der Waals surface area contributed by atoms with Gasteiger partial charge in [0, 0.05) is 42.9 Å². The molecular weight excluding hydrogens is 375 g/mol. The third-order valence-electron chi connectivity index (χ3n) is 3.59. The van der Waals surface area contributed by atoms with Crippen molar-refractivity contribution in [2.75, 3.05) is 33.4 Å². The smallest absolute Gasteiger partial charge is 0.252 e. The van der Waals surface area contributed by atoms with E-state index in [0.29, 0.717) is 41.4 Å². The van der Waals surface area contributed by atoms with Gasteiger partial charge in [-0.1, -0.05) is 29.8 Å². The SMILES string of the molecule is COCCNCCNC(=O)c1ccccc1C(=O)c1ccc(Cl)cc1.Cl. The van der Waals surface area contributed by atoms with E-state index in [4.69, 9.17) is 16.3 Å². The van der Waals surface area contributed by atoms with Gasteiger partial charge in [0.15, 0.2) is 5.78 Å². The highest BCUT2D eigenvalue weighted by Crippen LogP contribution is 2.17. The molecule has 2 N–H and O–H groups in total. The summed E-state index contributed by atoms with van der Waals surface area (Å²) in [4.78, 5) is 25.1. The lowest BCUT2D eigenvalue weighted by molar-refractivity contribution is 0.0942. The number of ether oxygens (including phenoxy) is 1. The fourth-order valence-electron chi connectivity index (χ4n) is 2.29. The molecule has 7 heteroatoms. The number of halogens is 2. The van der Waals surface area contributed by atoms with Crippen molar-refractivity contribution in [1.82, 2.24) is 10.6 Å². The normalized spacial score (nSPS) is 10.1. The van der Waals surface area contributed by atoms with Gasteiger partial charge < -0.3 is 15.4 Å². The summed E-state index contributed by atoms with van der Waals surface area (Å²) in [5.74, 6) is -0.480. The van der Waals surface area contributed by atoms with Gasteiger partial charge in [-0.05, 0) is 30.3 Å². The van der Waals surface area contributed by atoms with Crippen molar-refractivity contribution >= 4 is 35.7 Å². The zero-order chi connectivity index (χ0) is 18.1. The molecule has 0 heterocycles. The molecule has 0 aliphatic heterocycles. The van der Waals surface area contributed by atoms with Gasteiger partial charge in [0.25, 0.3) is 5.91 Å². The number of carbonyl (C=O) groups is 2. The monoisotopic (exact) mass is 396 g/mol. The number of amides is 1. The molecule has 0 fully saturated rings. The molecule has 0 saturated carbocycles. The van der Waals surface area contributed by atoms with E-state index in [-0.39, 0.29) is 24.1 Å². The third-order valence-corrected chi connectivity index (χ3v) is 3.84. The maximum atomic E-state index is 12.7. The number of ketones is 1. The van der Waals surface area contributed by atoms with Crippen LogP contribution in [0, 0.1) is 0 Å². The Bertz CT molecular complexity index is 721. The summed E-state index contributed by atoms with van der Waals surface area (Å²) in [5.41, 5.74) is 1.22. The Morgan fingerprint density at radius 1 is 0.962 bits per heavy atom. The maximum absolute atomic E-state index is 12.7. The summed E-state index contributed by atoms with van der Waals surface area (Å²) in [7, 11) is 1.64. The molecule has 26 heavy (non-hydrogen) atoms. The Morgan fingerprint density at radius 3 is 2.27 bits per heavy atom. The predicted octanol–water partition coefficient (Wildman–Crippen LogP) is 2.96. The number of benzene rings is 2. The van der Waals surface area contributed by atoms with Crippen molar-refractivity contribution in [2.45, 2.75) is 0 Å². The largest absolute Gasteiger partial charge is 0.383 e. The molecular formula is C19H22Cl2N2O3. The summed E-state index contributed by atoms with van der Waals surface area (Å²) in [6.07, 6.45) is 0. The molecule has 0 atom stereocenters. The van der Waals surface area contributed by atoms with Crippen LogP contribution in [0.5, 0.6) is 0 Å². The predicted molar refractivity (Wildman–Crippen MR) is 106 cm³/mol. The number of methoxy groups -OCH3 is 1. The highest BCUT2D eigenvalue weighted by Gasteiger charge is 2.17. The highest BCUT2D eigenvalue weighted by molar-refractivity contribution is 6.30. The van der Waals surface area contributed by atoms with Crippen LogP contribution in [0.1, 0.15) is 26.3 Å². The number of carbonyl (C=O) groups excluding carboxylic acids is 2. The average molecular weight is 397 g/mol. The molecule has 140 valence electrons. The second-order valence-corrected chi connectivity index (χ2v) is 5.82. The van der Waals surface area contributed by atoms with E-state index in [1.54, 1.807) is 55.6 Å². The quantitative estimate of drug-likeness (QED) is 0.504. The van der Waals surface area contributed by atoms with Crippen LogP contribution in [0.3, 0.4) is 0 Å².